The molecule has 0 bridgehead atoms. The SMILES string of the molecule is CN(CCNC[C@H](O[Si](C)(C)C(C)(C)C)c1ccc(O)c2c1OCC(=O)N2)C(=O)CCOCCc1ccc(CCN2C[C@H]3C[C@@H](OC(=O)Nc4ccccc4-c4ccccc4)C[C@H]3C2)cc1. The summed E-state index contributed by atoms with van der Waals surface area (Å²) < 4.78 is 24.5. The third-order valence-electron chi connectivity index (χ3n) is 13.8. The summed E-state index contributed by atoms with van der Waals surface area (Å²) in [6, 6.07) is 30.0. The number of likely N-dealkylation sites (tertiary alicyclic amines) is 1. The largest absolute Gasteiger partial charge is 0.506 e. The zero-order valence-electron chi connectivity index (χ0n) is 39.6. The fraction of sp³-hybridized carbons (Fsp3) is 0.481. The highest BCUT2D eigenvalue weighted by Gasteiger charge is 2.43. The molecule has 2 heterocycles. The van der Waals surface area contributed by atoms with Crippen LogP contribution in [0.5, 0.6) is 11.5 Å². The van der Waals surface area contributed by atoms with E-state index in [-0.39, 0.29) is 47.1 Å². The van der Waals surface area contributed by atoms with Crippen LogP contribution in [-0.4, -0.2) is 113 Å². The highest BCUT2D eigenvalue weighted by atomic mass is 28.4. The van der Waals surface area contributed by atoms with E-state index in [1.165, 1.54) is 11.1 Å². The molecule has 4 atom stereocenters. The minimum absolute atomic E-state index is 0.0193. The number of hydrogen-bond donors (Lipinski definition) is 4. The van der Waals surface area contributed by atoms with Crippen LogP contribution in [0.25, 0.3) is 11.1 Å². The van der Waals surface area contributed by atoms with Crippen LogP contribution in [0.2, 0.25) is 18.1 Å². The zero-order valence-corrected chi connectivity index (χ0v) is 40.6. The van der Waals surface area contributed by atoms with E-state index in [0.717, 1.165) is 67.7 Å². The Morgan fingerprint density at radius 1 is 0.924 bits per heavy atom. The molecular weight excluding hydrogens is 851 g/mol. The Hall–Kier alpha value is -5.25. The topological polar surface area (TPSA) is 151 Å². The Balaban J connectivity index is 0.759. The summed E-state index contributed by atoms with van der Waals surface area (Å²) in [5.41, 5.74) is 6.33. The van der Waals surface area contributed by atoms with Gasteiger partial charge in [-0.05, 0) is 90.5 Å². The molecule has 1 saturated heterocycles. The second kappa shape index (κ2) is 22.0. The Labute approximate surface area is 391 Å². The lowest BCUT2D eigenvalue weighted by Crippen LogP contribution is -2.44. The van der Waals surface area contributed by atoms with E-state index in [0.29, 0.717) is 56.9 Å². The maximum atomic E-state index is 13.0. The van der Waals surface area contributed by atoms with E-state index in [2.05, 4.69) is 79.0 Å². The number of para-hydroxylation sites is 1. The normalized spacial score (nSPS) is 18.8. The third-order valence-corrected chi connectivity index (χ3v) is 18.3. The summed E-state index contributed by atoms with van der Waals surface area (Å²) >= 11 is 0. The van der Waals surface area contributed by atoms with Crippen LogP contribution in [0.1, 0.15) is 62.8 Å². The third kappa shape index (κ3) is 12.8. The number of rotatable bonds is 20. The lowest BCUT2D eigenvalue weighted by atomic mass is 10.0. The summed E-state index contributed by atoms with van der Waals surface area (Å²) in [6.45, 7) is 16.3. The van der Waals surface area contributed by atoms with Crippen LogP contribution in [0.4, 0.5) is 16.2 Å². The molecule has 0 radical (unpaired) electrons. The molecule has 14 heteroatoms. The number of aromatic hydroxyl groups is 1. The smallest absolute Gasteiger partial charge is 0.411 e. The molecular formula is C52H69N5O8Si. The van der Waals surface area contributed by atoms with Gasteiger partial charge in [-0.2, -0.15) is 0 Å². The van der Waals surface area contributed by atoms with Gasteiger partial charge in [-0.1, -0.05) is 93.6 Å². The quantitative estimate of drug-likeness (QED) is 0.0386. The van der Waals surface area contributed by atoms with Gasteiger partial charge in [0.2, 0.25) is 5.91 Å². The maximum absolute atomic E-state index is 13.0. The molecule has 66 heavy (non-hydrogen) atoms. The van der Waals surface area contributed by atoms with Gasteiger partial charge < -0.3 is 44.2 Å². The Morgan fingerprint density at radius 3 is 2.32 bits per heavy atom. The summed E-state index contributed by atoms with van der Waals surface area (Å²) in [5, 5.41) is 19.6. The van der Waals surface area contributed by atoms with Crippen molar-refractivity contribution in [2.75, 3.05) is 76.8 Å². The molecule has 13 nitrogen and oxygen atoms in total. The van der Waals surface area contributed by atoms with Gasteiger partial charge in [0.25, 0.3) is 5.91 Å². The van der Waals surface area contributed by atoms with Gasteiger partial charge in [-0.15, -0.1) is 0 Å². The number of ether oxygens (including phenoxy) is 3. The Bertz CT molecular complexity index is 2260. The Morgan fingerprint density at radius 2 is 1.61 bits per heavy atom. The Kier molecular flexibility index (Phi) is 16.2. The second-order valence-corrected chi connectivity index (χ2v) is 24.4. The van der Waals surface area contributed by atoms with Crippen LogP contribution in [0.15, 0.2) is 91.0 Å². The number of likely N-dealkylation sites (N-methyl/N-ethyl adjacent to an activating group) is 1. The first kappa shape index (κ1) is 48.7. The minimum Gasteiger partial charge on any atom is -0.506 e. The van der Waals surface area contributed by atoms with Gasteiger partial charge in [0, 0.05) is 57.4 Å². The van der Waals surface area contributed by atoms with Crippen molar-refractivity contribution in [1.82, 2.24) is 15.1 Å². The van der Waals surface area contributed by atoms with Gasteiger partial charge in [-0.25, -0.2) is 4.79 Å². The van der Waals surface area contributed by atoms with Crippen molar-refractivity contribution >= 4 is 37.6 Å². The van der Waals surface area contributed by atoms with Crippen molar-refractivity contribution in [2.24, 2.45) is 11.8 Å². The van der Waals surface area contributed by atoms with Crippen molar-refractivity contribution in [3.8, 4) is 22.6 Å². The van der Waals surface area contributed by atoms with Crippen LogP contribution in [0.3, 0.4) is 0 Å². The average Bonchev–Trinajstić information content (AvgIpc) is 3.85. The molecule has 0 spiro atoms. The van der Waals surface area contributed by atoms with Crippen LogP contribution in [-0.2, 0) is 36.3 Å². The fourth-order valence-electron chi connectivity index (χ4n) is 8.96. The summed E-state index contributed by atoms with van der Waals surface area (Å²) in [7, 11) is -0.432. The van der Waals surface area contributed by atoms with Gasteiger partial charge in [0.1, 0.15) is 17.5 Å². The summed E-state index contributed by atoms with van der Waals surface area (Å²) in [4.78, 5) is 42.2. The van der Waals surface area contributed by atoms with Gasteiger partial charge in [0.05, 0.1) is 31.4 Å². The number of phenolic OH excluding ortho intramolecular Hbond substituents is 1. The number of carbonyl (C=O) groups is 3. The lowest BCUT2D eigenvalue weighted by Gasteiger charge is -2.40. The molecule has 4 N–H and O–H groups in total. The van der Waals surface area contributed by atoms with Crippen molar-refractivity contribution in [3.63, 3.8) is 0 Å². The number of nitrogens with one attached hydrogen (secondary N) is 3. The minimum atomic E-state index is -2.24. The molecule has 3 aliphatic rings. The van der Waals surface area contributed by atoms with E-state index >= 15 is 0 Å². The molecule has 0 unspecified atom stereocenters. The molecule has 3 amide bonds. The van der Waals surface area contributed by atoms with Crippen LogP contribution in [0, 0.1) is 11.8 Å². The lowest BCUT2D eigenvalue weighted by molar-refractivity contribution is -0.131. The van der Waals surface area contributed by atoms with Crippen LogP contribution >= 0.6 is 0 Å². The monoisotopic (exact) mass is 919 g/mol. The maximum Gasteiger partial charge on any atom is 0.411 e. The van der Waals surface area contributed by atoms with Crippen molar-refractivity contribution in [1.29, 1.82) is 0 Å². The molecule has 1 saturated carbocycles. The number of carbonyl (C=O) groups excluding carboxylic acids is 3. The number of phenols is 1. The highest BCUT2D eigenvalue weighted by molar-refractivity contribution is 6.74. The zero-order chi connectivity index (χ0) is 46.8. The molecule has 4 aromatic rings. The number of nitrogens with zero attached hydrogens (tertiary/aromatic N) is 2. The van der Waals surface area contributed by atoms with E-state index in [4.69, 9.17) is 18.6 Å². The predicted molar refractivity (Wildman–Crippen MR) is 261 cm³/mol. The average molecular weight is 920 g/mol. The number of fused-ring (bicyclic) bond motifs is 2. The second-order valence-electron chi connectivity index (χ2n) is 19.6. The fourth-order valence-corrected chi connectivity index (χ4v) is 10.2. The van der Waals surface area contributed by atoms with E-state index in [1.807, 2.05) is 54.6 Å². The van der Waals surface area contributed by atoms with E-state index < -0.39 is 14.4 Å². The van der Waals surface area contributed by atoms with E-state index in [9.17, 15) is 19.5 Å². The van der Waals surface area contributed by atoms with Crippen molar-refractivity contribution < 1.29 is 38.1 Å². The molecule has 7 rings (SSSR count). The number of amides is 3. The predicted octanol–water partition coefficient (Wildman–Crippen LogP) is 8.65. The van der Waals surface area contributed by atoms with E-state index in [1.54, 1.807) is 24.1 Å². The van der Waals surface area contributed by atoms with Crippen molar-refractivity contribution in [2.45, 2.75) is 83.2 Å². The number of anilines is 2. The number of hydrogen-bond acceptors (Lipinski definition) is 10. The molecule has 1 aliphatic carbocycles. The highest BCUT2D eigenvalue weighted by Crippen LogP contribution is 2.46. The molecule has 2 aliphatic heterocycles. The summed E-state index contributed by atoms with van der Waals surface area (Å²) in [6.07, 6.45) is 3.08. The van der Waals surface area contributed by atoms with Crippen LogP contribution < -0.4 is 20.7 Å². The summed E-state index contributed by atoms with van der Waals surface area (Å²) in [5.74, 6) is 1.18. The molecule has 2 fully saturated rings. The first-order chi connectivity index (χ1) is 31.6. The van der Waals surface area contributed by atoms with Gasteiger partial charge >= 0.3 is 6.09 Å². The van der Waals surface area contributed by atoms with Gasteiger partial charge in [-0.3, -0.25) is 14.9 Å². The molecule has 354 valence electrons. The standard InChI is InChI=1S/C52H69N5O8Si/c1-52(2,3)66(5,6)65-46(43-20-21-45(58)49-50(43)63-35-47(59)55-49)32-53-25-27-56(4)48(60)24-29-62-28-23-37-18-16-36(17-19-37)22-26-57-33-39-30-41(31-40(39)34-57)64-51(61)54-44-15-11-10-14-42(44)38-12-8-7-9-13-38/h7-21,39-41,46,53,58H,22-35H2,1-6H3,(H,54,61)(H,55,59)/t39-,40+,41-,46-/m0/s1. The number of benzene rings is 4. The molecule has 0 aromatic heterocycles. The molecule has 4 aromatic carbocycles. The van der Waals surface area contributed by atoms with Crippen molar-refractivity contribution in [3.05, 3.63) is 108 Å². The first-order valence-corrected chi connectivity index (χ1v) is 26.5. The van der Waals surface area contributed by atoms with Gasteiger partial charge in [0.15, 0.2) is 20.7 Å². The first-order valence-electron chi connectivity index (χ1n) is 23.5.